The van der Waals surface area contributed by atoms with E-state index in [-0.39, 0.29) is 0 Å². The molecule has 19 heavy (non-hydrogen) atoms. The van der Waals surface area contributed by atoms with Crippen molar-refractivity contribution in [2.45, 2.75) is 0 Å². The number of nitrogens with one attached hydrogen (secondary N) is 1. The van der Waals surface area contributed by atoms with E-state index in [1.165, 1.54) is 0 Å². The predicted molar refractivity (Wildman–Crippen MR) is 84.7 cm³/mol. The van der Waals surface area contributed by atoms with E-state index in [0.717, 1.165) is 31.2 Å². The van der Waals surface area contributed by atoms with Gasteiger partial charge < -0.3 is 5.32 Å². The van der Waals surface area contributed by atoms with E-state index in [4.69, 9.17) is 0 Å². The van der Waals surface area contributed by atoms with Crippen LogP contribution in [0, 0.1) is 0 Å². The molecule has 0 radical (unpaired) electrons. The molecule has 1 aromatic carbocycles. The summed E-state index contributed by atoms with van der Waals surface area (Å²) >= 11 is 6.89. The van der Waals surface area contributed by atoms with Crippen LogP contribution in [-0.2, 0) is 0 Å². The lowest BCUT2D eigenvalue weighted by Crippen LogP contribution is -1.95. The van der Waals surface area contributed by atoms with Crippen molar-refractivity contribution in [1.82, 2.24) is 9.97 Å². The third-order valence-corrected chi connectivity index (χ3v) is 3.78. The average molecular weight is 379 g/mol. The van der Waals surface area contributed by atoms with E-state index in [2.05, 4.69) is 47.1 Å². The molecule has 3 aromatic rings. The summed E-state index contributed by atoms with van der Waals surface area (Å²) < 4.78 is 1.85. The molecule has 0 unspecified atom stereocenters. The molecule has 0 aliphatic carbocycles. The number of hydrogen-bond acceptors (Lipinski definition) is 3. The first-order valence-corrected chi connectivity index (χ1v) is 7.23. The molecule has 0 spiro atoms. The van der Waals surface area contributed by atoms with Gasteiger partial charge in [0.25, 0.3) is 0 Å². The molecule has 2 aromatic heterocycles. The quantitative estimate of drug-likeness (QED) is 0.689. The number of hydrogen-bond donors (Lipinski definition) is 1. The van der Waals surface area contributed by atoms with Gasteiger partial charge in [-0.25, -0.2) is 4.98 Å². The second kappa shape index (κ2) is 5.27. The van der Waals surface area contributed by atoms with Crippen molar-refractivity contribution >= 4 is 54.1 Å². The highest BCUT2D eigenvalue weighted by Crippen LogP contribution is 2.29. The molecule has 0 fully saturated rings. The van der Waals surface area contributed by atoms with Crippen LogP contribution in [0.2, 0.25) is 0 Å². The Hall–Kier alpha value is -1.46. The largest absolute Gasteiger partial charge is 0.339 e. The van der Waals surface area contributed by atoms with Gasteiger partial charge in [0.2, 0.25) is 0 Å². The summed E-state index contributed by atoms with van der Waals surface area (Å²) in [4.78, 5) is 8.49. The van der Waals surface area contributed by atoms with Crippen LogP contribution < -0.4 is 5.32 Å². The van der Waals surface area contributed by atoms with E-state index in [0.29, 0.717) is 0 Å². The summed E-state index contributed by atoms with van der Waals surface area (Å²) in [6, 6.07) is 10.0. The average Bonchev–Trinajstić information content (AvgIpc) is 2.42. The summed E-state index contributed by atoms with van der Waals surface area (Å²) in [6.07, 6.45) is 5.40. The zero-order valence-electron chi connectivity index (χ0n) is 9.77. The molecule has 3 nitrogen and oxygen atoms in total. The lowest BCUT2D eigenvalue weighted by atomic mass is 10.1. The lowest BCUT2D eigenvalue weighted by molar-refractivity contribution is 1.28. The fraction of sp³-hybridized carbons (Fsp3) is 0. The number of fused-ring (bicyclic) bond motifs is 1. The van der Waals surface area contributed by atoms with E-state index in [1.807, 2.05) is 36.5 Å². The maximum atomic E-state index is 4.36. The van der Waals surface area contributed by atoms with Crippen LogP contribution in [0.4, 0.5) is 11.5 Å². The van der Waals surface area contributed by atoms with Gasteiger partial charge in [0.15, 0.2) is 0 Å². The van der Waals surface area contributed by atoms with Crippen molar-refractivity contribution in [2.75, 3.05) is 5.32 Å². The van der Waals surface area contributed by atoms with Gasteiger partial charge in [-0.2, -0.15) is 0 Å². The first kappa shape index (κ1) is 12.6. The summed E-state index contributed by atoms with van der Waals surface area (Å²) in [7, 11) is 0. The minimum atomic E-state index is 0.785. The van der Waals surface area contributed by atoms with Gasteiger partial charge in [0.1, 0.15) is 5.82 Å². The number of pyridine rings is 2. The van der Waals surface area contributed by atoms with E-state index in [9.17, 15) is 0 Å². The normalized spacial score (nSPS) is 10.6. The molecule has 94 valence electrons. The smallest absolute Gasteiger partial charge is 0.144 e. The zero-order chi connectivity index (χ0) is 13.2. The van der Waals surface area contributed by atoms with E-state index < -0.39 is 0 Å². The molecule has 1 N–H and O–H groups in total. The summed E-state index contributed by atoms with van der Waals surface area (Å²) in [5.74, 6) is 0.785. The standard InChI is InChI=1S/C14H9Br2N3/c15-10-6-12(16)14(18-8-10)19-13-3-1-2-9-7-17-5-4-11(9)13/h1-8H,(H,18,19). The van der Waals surface area contributed by atoms with E-state index in [1.54, 1.807) is 12.4 Å². The van der Waals surface area contributed by atoms with Crippen molar-refractivity contribution in [1.29, 1.82) is 0 Å². The molecule has 2 heterocycles. The highest BCUT2D eigenvalue weighted by atomic mass is 79.9. The monoisotopic (exact) mass is 377 g/mol. The molecule has 0 amide bonds. The zero-order valence-corrected chi connectivity index (χ0v) is 12.9. The summed E-state index contributed by atoms with van der Waals surface area (Å²) in [5.41, 5.74) is 1.01. The van der Waals surface area contributed by atoms with Crippen molar-refractivity contribution in [3.05, 3.63) is 57.9 Å². The van der Waals surface area contributed by atoms with Gasteiger partial charge in [-0.3, -0.25) is 4.98 Å². The SMILES string of the molecule is Brc1cnc(Nc2cccc3cnccc23)c(Br)c1. The third-order valence-electron chi connectivity index (χ3n) is 2.74. The van der Waals surface area contributed by atoms with E-state index >= 15 is 0 Å². The van der Waals surface area contributed by atoms with Gasteiger partial charge in [-0.1, -0.05) is 12.1 Å². The predicted octanol–water partition coefficient (Wildman–Crippen LogP) is 4.90. The fourth-order valence-corrected chi connectivity index (χ4v) is 2.95. The molecule has 5 heteroatoms. The first-order chi connectivity index (χ1) is 9.24. The van der Waals surface area contributed by atoms with Crippen LogP contribution in [-0.4, -0.2) is 9.97 Å². The number of nitrogens with zero attached hydrogens (tertiary/aromatic N) is 2. The minimum Gasteiger partial charge on any atom is -0.339 e. The topological polar surface area (TPSA) is 37.8 Å². The van der Waals surface area contributed by atoms with Crippen molar-refractivity contribution in [3.8, 4) is 0 Å². The summed E-state index contributed by atoms with van der Waals surface area (Å²) in [5, 5.41) is 5.55. The number of anilines is 2. The van der Waals surface area contributed by atoms with Crippen molar-refractivity contribution in [2.24, 2.45) is 0 Å². The van der Waals surface area contributed by atoms with Gasteiger partial charge >= 0.3 is 0 Å². The minimum absolute atomic E-state index is 0.785. The maximum Gasteiger partial charge on any atom is 0.144 e. The van der Waals surface area contributed by atoms with Gasteiger partial charge in [0.05, 0.1) is 4.47 Å². The molecule has 0 atom stereocenters. The number of halogens is 2. The lowest BCUT2D eigenvalue weighted by Gasteiger charge is -2.10. The van der Waals surface area contributed by atoms with Crippen LogP contribution in [0.3, 0.4) is 0 Å². The fourth-order valence-electron chi connectivity index (χ4n) is 1.87. The molecule has 0 aliphatic rings. The molecule has 0 bridgehead atoms. The first-order valence-electron chi connectivity index (χ1n) is 5.65. The van der Waals surface area contributed by atoms with Crippen LogP contribution in [0.1, 0.15) is 0 Å². The number of rotatable bonds is 2. The van der Waals surface area contributed by atoms with Crippen LogP contribution in [0.15, 0.2) is 57.9 Å². The Kier molecular flexibility index (Phi) is 3.48. The van der Waals surface area contributed by atoms with Gasteiger partial charge in [0, 0.05) is 39.5 Å². The number of aromatic nitrogens is 2. The maximum absolute atomic E-state index is 4.36. The molecular formula is C14H9Br2N3. The molecular weight excluding hydrogens is 370 g/mol. The Bertz CT molecular complexity index is 738. The number of benzene rings is 1. The Morgan fingerprint density at radius 2 is 1.95 bits per heavy atom. The molecule has 3 rings (SSSR count). The van der Waals surface area contributed by atoms with Crippen LogP contribution in [0.25, 0.3) is 10.8 Å². The Morgan fingerprint density at radius 1 is 1.05 bits per heavy atom. The molecule has 0 saturated heterocycles. The van der Waals surface area contributed by atoms with Crippen molar-refractivity contribution < 1.29 is 0 Å². The second-order valence-corrected chi connectivity index (χ2v) is 5.78. The second-order valence-electron chi connectivity index (χ2n) is 4.01. The Labute approximate surface area is 127 Å². The van der Waals surface area contributed by atoms with Gasteiger partial charge in [-0.05, 0) is 50.1 Å². The van der Waals surface area contributed by atoms with Crippen molar-refractivity contribution in [3.63, 3.8) is 0 Å². The molecule has 0 saturated carbocycles. The summed E-state index contributed by atoms with van der Waals surface area (Å²) in [6.45, 7) is 0. The third kappa shape index (κ3) is 2.62. The van der Waals surface area contributed by atoms with Crippen LogP contribution in [0.5, 0.6) is 0 Å². The Balaban J connectivity index is 2.06. The van der Waals surface area contributed by atoms with Gasteiger partial charge in [-0.15, -0.1) is 0 Å². The Morgan fingerprint density at radius 3 is 2.79 bits per heavy atom. The highest BCUT2D eigenvalue weighted by molar-refractivity contribution is 9.11. The highest BCUT2D eigenvalue weighted by Gasteiger charge is 2.05. The van der Waals surface area contributed by atoms with Crippen LogP contribution >= 0.6 is 31.9 Å². The molecule has 0 aliphatic heterocycles.